The fraction of sp³-hybridized carbons (Fsp3) is 0.273. The molecule has 0 aliphatic rings. The molecule has 1 aromatic rings. The van der Waals surface area contributed by atoms with E-state index in [1.165, 1.54) is 13.8 Å². The average Bonchev–Trinajstić information content (AvgIpc) is 2.15. The van der Waals surface area contributed by atoms with Gasteiger partial charge in [-0.25, -0.2) is 0 Å². The molecule has 1 aromatic carbocycles. The zero-order valence-corrected chi connectivity index (χ0v) is 8.11. The van der Waals surface area contributed by atoms with E-state index in [-0.39, 0.29) is 5.56 Å². The van der Waals surface area contributed by atoms with Crippen molar-refractivity contribution in [1.29, 1.82) is 5.26 Å². The summed E-state index contributed by atoms with van der Waals surface area (Å²) in [5, 5.41) is 18.2. The number of Topliss-reactive ketones (excluding diaryl/α,β-unsaturated/α-hetero) is 1. The molecule has 0 aromatic heterocycles. The molecule has 0 amide bonds. The van der Waals surface area contributed by atoms with Crippen LogP contribution in [0.1, 0.15) is 29.8 Å². The van der Waals surface area contributed by atoms with Crippen LogP contribution in [0.3, 0.4) is 0 Å². The van der Waals surface area contributed by atoms with Crippen molar-refractivity contribution >= 4 is 5.78 Å². The van der Waals surface area contributed by atoms with Crippen LogP contribution in [-0.2, 0) is 0 Å². The number of rotatable bonds is 2. The number of carbonyl (C=O) groups excluding carboxylic acids is 1. The molecule has 0 aliphatic carbocycles. The van der Waals surface area contributed by atoms with Crippen LogP contribution in [0, 0.1) is 11.3 Å². The van der Waals surface area contributed by atoms with Gasteiger partial charge in [-0.15, -0.1) is 0 Å². The first-order valence-electron chi connectivity index (χ1n) is 4.23. The van der Waals surface area contributed by atoms with Gasteiger partial charge in [0.1, 0.15) is 5.60 Å². The van der Waals surface area contributed by atoms with Crippen LogP contribution in [-0.4, -0.2) is 16.5 Å². The lowest BCUT2D eigenvalue weighted by atomic mass is 9.94. The summed E-state index contributed by atoms with van der Waals surface area (Å²) >= 11 is 0. The third-order valence-corrected chi connectivity index (χ3v) is 1.85. The van der Waals surface area contributed by atoms with Gasteiger partial charge in [0.2, 0.25) is 0 Å². The molecular weight excluding hydrogens is 178 g/mol. The van der Waals surface area contributed by atoms with Gasteiger partial charge in [0.05, 0.1) is 11.6 Å². The molecule has 14 heavy (non-hydrogen) atoms. The van der Waals surface area contributed by atoms with Crippen LogP contribution >= 0.6 is 0 Å². The maximum atomic E-state index is 11.6. The van der Waals surface area contributed by atoms with Gasteiger partial charge >= 0.3 is 0 Å². The van der Waals surface area contributed by atoms with E-state index in [2.05, 4.69) is 0 Å². The topological polar surface area (TPSA) is 61.1 Å². The maximum absolute atomic E-state index is 11.6. The molecular formula is C11H11NO2. The molecule has 3 nitrogen and oxygen atoms in total. The van der Waals surface area contributed by atoms with E-state index in [1.807, 2.05) is 6.07 Å². The standard InChI is InChI=1S/C11H11NO2/c1-11(2,14)10(13)9-6-4-3-5-8(9)7-12/h3-6,14H,1-2H3. The zero-order chi connectivity index (χ0) is 10.8. The summed E-state index contributed by atoms with van der Waals surface area (Å²) in [4.78, 5) is 11.6. The average molecular weight is 189 g/mol. The second kappa shape index (κ2) is 3.60. The fourth-order valence-electron chi connectivity index (χ4n) is 1.11. The van der Waals surface area contributed by atoms with E-state index >= 15 is 0 Å². The van der Waals surface area contributed by atoms with Crippen molar-refractivity contribution in [2.75, 3.05) is 0 Å². The number of aliphatic hydroxyl groups is 1. The Morgan fingerprint density at radius 1 is 1.43 bits per heavy atom. The summed E-state index contributed by atoms with van der Waals surface area (Å²) in [5.74, 6) is -0.436. The van der Waals surface area contributed by atoms with Crippen molar-refractivity contribution in [2.24, 2.45) is 0 Å². The lowest BCUT2D eigenvalue weighted by molar-refractivity contribution is 0.0487. The lowest BCUT2D eigenvalue weighted by Crippen LogP contribution is -2.31. The number of nitriles is 1. The minimum Gasteiger partial charge on any atom is -0.382 e. The van der Waals surface area contributed by atoms with E-state index in [0.29, 0.717) is 5.56 Å². The fourth-order valence-corrected chi connectivity index (χ4v) is 1.11. The first kappa shape index (κ1) is 10.4. The Morgan fingerprint density at radius 3 is 2.50 bits per heavy atom. The monoisotopic (exact) mass is 189 g/mol. The molecule has 0 spiro atoms. The van der Waals surface area contributed by atoms with E-state index in [9.17, 15) is 9.90 Å². The molecule has 1 N–H and O–H groups in total. The van der Waals surface area contributed by atoms with Gasteiger partial charge in [-0.1, -0.05) is 12.1 Å². The molecule has 72 valence electrons. The smallest absolute Gasteiger partial charge is 0.195 e. The van der Waals surface area contributed by atoms with Gasteiger partial charge in [-0.05, 0) is 26.0 Å². The van der Waals surface area contributed by atoms with Crippen molar-refractivity contribution in [1.82, 2.24) is 0 Å². The third-order valence-electron chi connectivity index (χ3n) is 1.85. The summed E-state index contributed by atoms with van der Waals surface area (Å²) in [6.07, 6.45) is 0. The summed E-state index contributed by atoms with van der Waals surface area (Å²) in [7, 11) is 0. The van der Waals surface area contributed by atoms with Gasteiger partial charge in [0, 0.05) is 5.56 Å². The number of carbonyl (C=O) groups is 1. The Bertz CT molecular complexity index is 396. The highest BCUT2D eigenvalue weighted by Crippen LogP contribution is 2.15. The number of nitrogens with zero attached hydrogens (tertiary/aromatic N) is 1. The summed E-state index contributed by atoms with van der Waals surface area (Å²) in [6.45, 7) is 2.81. The summed E-state index contributed by atoms with van der Waals surface area (Å²) < 4.78 is 0. The van der Waals surface area contributed by atoms with Gasteiger partial charge in [-0.3, -0.25) is 4.79 Å². The molecule has 0 aliphatic heterocycles. The van der Waals surface area contributed by atoms with Gasteiger partial charge in [0.15, 0.2) is 5.78 Å². The summed E-state index contributed by atoms with van der Waals surface area (Å²) in [5.41, 5.74) is -0.880. The largest absolute Gasteiger partial charge is 0.382 e. The number of hydrogen-bond acceptors (Lipinski definition) is 3. The van der Waals surface area contributed by atoms with E-state index in [0.717, 1.165) is 0 Å². The maximum Gasteiger partial charge on any atom is 0.195 e. The molecule has 0 bridgehead atoms. The Morgan fingerprint density at radius 2 is 2.00 bits per heavy atom. The quantitative estimate of drug-likeness (QED) is 0.717. The normalized spacial score (nSPS) is 10.7. The van der Waals surface area contributed by atoms with Crippen LogP contribution in [0.2, 0.25) is 0 Å². The SMILES string of the molecule is CC(C)(O)C(=O)c1ccccc1C#N. The number of ketones is 1. The van der Waals surface area contributed by atoms with Crippen LogP contribution < -0.4 is 0 Å². The first-order valence-corrected chi connectivity index (χ1v) is 4.23. The summed E-state index contributed by atoms with van der Waals surface area (Å²) in [6, 6.07) is 8.36. The first-order chi connectivity index (χ1) is 6.46. The Labute approximate surface area is 82.6 Å². The second-order valence-corrected chi connectivity index (χ2v) is 3.55. The molecule has 3 heteroatoms. The number of benzene rings is 1. The van der Waals surface area contributed by atoms with Crippen molar-refractivity contribution in [2.45, 2.75) is 19.4 Å². The van der Waals surface area contributed by atoms with E-state index in [4.69, 9.17) is 5.26 Å². The molecule has 0 fully saturated rings. The Kier molecular flexibility index (Phi) is 2.68. The van der Waals surface area contributed by atoms with E-state index in [1.54, 1.807) is 24.3 Å². The molecule has 1 rings (SSSR count). The van der Waals surface area contributed by atoms with Crippen LogP contribution in [0.25, 0.3) is 0 Å². The molecule has 0 saturated heterocycles. The van der Waals surface area contributed by atoms with Crippen LogP contribution in [0.5, 0.6) is 0 Å². The molecule has 0 unspecified atom stereocenters. The van der Waals surface area contributed by atoms with Crippen LogP contribution in [0.4, 0.5) is 0 Å². The lowest BCUT2D eigenvalue weighted by Gasteiger charge is -2.15. The number of hydrogen-bond donors (Lipinski definition) is 1. The highest BCUT2D eigenvalue weighted by molar-refractivity contribution is 6.03. The predicted molar refractivity (Wildman–Crippen MR) is 51.8 cm³/mol. The van der Waals surface area contributed by atoms with Crippen molar-refractivity contribution < 1.29 is 9.90 Å². The molecule has 0 radical (unpaired) electrons. The Balaban J connectivity index is 3.22. The minimum absolute atomic E-state index is 0.266. The zero-order valence-electron chi connectivity index (χ0n) is 8.11. The van der Waals surface area contributed by atoms with Crippen molar-refractivity contribution in [3.63, 3.8) is 0 Å². The van der Waals surface area contributed by atoms with E-state index < -0.39 is 11.4 Å². The predicted octanol–water partition coefficient (Wildman–Crippen LogP) is 1.51. The van der Waals surface area contributed by atoms with Gasteiger partial charge < -0.3 is 5.11 Å². The van der Waals surface area contributed by atoms with Crippen molar-refractivity contribution in [3.8, 4) is 6.07 Å². The van der Waals surface area contributed by atoms with Gasteiger partial charge in [-0.2, -0.15) is 5.26 Å². The highest BCUT2D eigenvalue weighted by atomic mass is 16.3. The highest BCUT2D eigenvalue weighted by Gasteiger charge is 2.26. The molecule has 0 heterocycles. The Hall–Kier alpha value is -1.66. The second-order valence-electron chi connectivity index (χ2n) is 3.55. The minimum atomic E-state index is -1.44. The third kappa shape index (κ3) is 1.98. The van der Waals surface area contributed by atoms with Crippen LogP contribution in [0.15, 0.2) is 24.3 Å². The molecule has 0 atom stereocenters. The van der Waals surface area contributed by atoms with Gasteiger partial charge in [0.25, 0.3) is 0 Å². The molecule has 0 saturated carbocycles. The van der Waals surface area contributed by atoms with Crippen molar-refractivity contribution in [3.05, 3.63) is 35.4 Å².